The van der Waals surface area contributed by atoms with E-state index in [1.54, 1.807) is 0 Å². The van der Waals surface area contributed by atoms with Gasteiger partial charge in [0.05, 0.1) is 25.0 Å². The molecule has 9 aliphatic rings. The maximum absolute atomic E-state index is 4.97. The van der Waals surface area contributed by atoms with Crippen molar-refractivity contribution in [1.82, 2.24) is 9.97 Å². The molecule has 0 saturated heterocycles. The number of rotatable bonds is 6. The van der Waals surface area contributed by atoms with Crippen molar-refractivity contribution in [3.05, 3.63) is 478 Å². The third kappa shape index (κ3) is 11.7. The Hall–Kier alpha value is -14.1. The summed E-state index contributed by atoms with van der Waals surface area (Å²) in [6.45, 7) is 19.9. The SMILES string of the molecule is Cc1cc(C)c(C)c(-c2c3ccc(-c4ccc5c(c4)C4c6ccccc6C5c5cc6ccccc6cc54)cc3cc[n+]2C)c1.Cc1cc(C)c(C)c(-c2cc(-c3cc4c(cc3C)C3c5ccccc5C4c4cc5ccccc5cc43)nc[n+]2C)c1.Cc1cc2c(cc1-c1cc(-c3ccccc3C)[n+](C)cn1)C1c3ccccc3C2c2cc3ccccc3cc21. The molecule has 6 bridgehead atoms. The lowest BCUT2D eigenvalue weighted by Crippen LogP contribution is -2.32. The molecule has 6 atom stereocenters. The highest BCUT2D eigenvalue weighted by Gasteiger charge is 2.46. The molecule has 0 aliphatic heterocycles. The average molecular weight is 1600 g/mol. The maximum Gasteiger partial charge on any atom is 0.287 e. The third-order valence-electron chi connectivity index (χ3n) is 29.0. The summed E-state index contributed by atoms with van der Waals surface area (Å²) in [5.41, 5.74) is 52.5. The van der Waals surface area contributed by atoms with Gasteiger partial charge in [-0.25, -0.2) is 13.7 Å². The van der Waals surface area contributed by atoms with E-state index >= 15 is 0 Å². The van der Waals surface area contributed by atoms with Crippen LogP contribution in [0.2, 0.25) is 0 Å². The van der Waals surface area contributed by atoms with Crippen LogP contribution >= 0.6 is 0 Å². The van der Waals surface area contributed by atoms with Crippen molar-refractivity contribution in [2.24, 2.45) is 21.1 Å². The van der Waals surface area contributed by atoms with E-state index in [0.29, 0.717) is 0 Å². The topological polar surface area (TPSA) is 37.4 Å². The van der Waals surface area contributed by atoms with Crippen molar-refractivity contribution in [2.45, 2.75) is 97.8 Å². The minimum atomic E-state index is 0.228. The fraction of sp³-hybridized carbons (Fsp3) is 0.151. The van der Waals surface area contributed by atoms with Gasteiger partial charge in [-0.15, -0.1) is 0 Å². The molecule has 0 spiro atoms. The first kappa shape index (κ1) is 74.9. The Morgan fingerprint density at radius 2 is 0.548 bits per heavy atom. The van der Waals surface area contributed by atoms with Crippen LogP contribution in [0, 0.1) is 62.3 Å². The quantitative estimate of drug-likeness (QED) is 0.156. The van der Waals surface area contributed by atoms with Crippen molar-refractivity contribution in [3.8, 4) is 67.4 Å². The first-order chi connectivity index (χ1) is 60.4. The van der Waals surface area contributed by atoms with Crippen LogP contribution in [-0.2, 0) is 21.1 Å². The zero-order valence-corrected chi connectivity index (χ0v) is 72.4. The molecule has 5 nitrogen and oxygen atoms in total. The number of nitrogens with zero attached hydrogens (tertiary/aromatic N) is 5. The highest BCUT2D eigenvalue weighted by atomic mass is 15.0. The van der Waals surface area contributed by atoms with Crippen molar-refractivity contribution in [2.75, 3.05) is 0 Å². The molecule has 594 valence electrons. The van der Waals surface area contributed by atoms with Gasteiger partial charge in [-0.05, 0) is 339 Å². The number of pyridine rings is 1. The van der Waals surface area contributed by atoms with Gasteiger partial charge in [-0.2, -0.15) is 0 Å². The lowest BCUT2D eigenvalue weighted by molar-refractivity contribution is -0.663. The Bertz CT molecular complexity index is 7830. The largest absolute Gasteiger partial charge is 0.287 e. The van der Waals surface area contributed by atoms with Crippen molar-refractivity contribution in [1.29, 1.82) is 0 Å². The average Bonchev–Trinajstić information content (AvgIpc) is 0.703. The van der Waals surface area contributed by atoms with Crippen LogP contribution < -0.4 is 13.7 Å². The van der Waals surface area contributed by atoms with Crippen LogP contribution in [0.5, 0.6) is 0 Å². The van der Waals surface area contributed by atoms with Gasteiger partial charge in [0.1, 0.15) is 18.4 Å². The van der Waals surface area contributed by atoms with E-state index in [1.165, 1.54) is 249 Å². The Balaban J connectivity index is 0.000000108. The summed E-state index contributed by atoms with van der Waals surface area (Å²) in [6, 6.07) is 117. The number of hydrogen-bond acceptors (Lipinski definition) is 2. The first-order valence-corrected chi connectivity index (χ1v) is 44.1. The second kappa shape index (κ2) is 28.8. The van der Waals surface area contributed by atoms with Gasteiger partial charge in [-0.1, -0.05) is 223 Å². The van der Waals surface area contributed by atoms with Gasteiger partial charge in [0.2, 0.25) is 5.69 Å². The van der Waals surface area contributed by atoms with Gasteiger partial charge in [0, 0.05) is 76.0 Å². The van der Waals surface area contributed by atoms with Crippen molar-refractivity contribution in [3.63, 3.8) is 0 Å². The lowest BCUT2D eigenvalue weighted by atomic mass is 9.60. The van der Waals surface area contributed by atoms with Crippen molar-refractivity contribution >= 4 is 43.1 Å². The molecule has 0 saturated carbocycles. The molecule has 9 aliphatic carbocycles. The van der Waals surface area contributed by atoms with Gasteiger partial charge < -0.3 is 0 Å². The Kier molecular flexibility index (Phi) is 17.4. The van der Waals surface area contributed by atoms with E-state index in [1.807, 2.05) is 12.7 Å². The van der Waals surface area contributed by atoms with E-state index in [2.05, 4.69) is 413 Å². The van der Waals surface area contributed by atoms with Crippen LogP contribution in [0.25, 0.3) is 111 Å². The lowest BCUT2D eigenvalue weighted by Gasteiger charge is -2.42. The zero-order chi connectivity index (χ0) is 83.9. The molecule has 124 heavy (non-hydrogen) atoms. The Labute approximate surface area is 726 Å². The van der Waals surface area contributed by atoms with E-state index in [9.17, 15) is 0 Å². The molecule has 0 fully saturated rings. The van der Waals surface area contributed by atoms with Gasteiger partial charge in [0.25, 0.3) is 12.7 Å². The standard InChI is InChI=1S/C43H34N.C39H33N2.C37H29N2/c1-25-19-26(2)27(3)37(20-25)43-33-15-13-30(21-32(33)17-18-44(43)4)31-14-16-36-38(24-31)42-35-12-8-7-11-34(35)41(36)39-22-28-9-5-6-10-29(28)23-40(39)42;1-22-14-23(2)25(4)31(15-22)37-20-36(40-21-41(37)5)30-19-35-32(16-24(30)3)38-28-12-8-9-13-29(28)39(35)34-18-27-11-7-6-10-26(27)17-33(34)38;1-22-10-4-7-13-26(22)35-20-34(38-21-39(35)3)29-19-33-30(16-23(29)2)36-27-14-8-9-15-28(27)37(33)32-18-25-12-6-5-11-24(25)17-31(32)36/h5-24,41-42H,1-4H3;6-21,38-39H,1-5H3;4-21,36-37H,1-3H3/q3*+1. The van der Waals surface area contributed by atoms with E-state index < -0.39 is 0 Å². The summed E-state index contributed by atoms with van der Waals surface area (Å²) in [5, 5.41) is 10.5. The van der Waals surface area contributed by atoms with Gasteiger partial charge >= 0.3 is 0 Å². The molecule has 3 heterocycles. The molecular weight excluding hydrogens is 1500 g/mol. The molecule has 0 radical (unpaired) electrons. The highest BCUT2D eigenvalue weighted by Crippen LogP contribution is 2.61. The van der Waals surface area contributed by atoms with Gasteiger partial charge in [-0.3, -0.25) is 0 Å². The molecule has 19 aromatic rings. The number of benzene rings is 16. The monoisotopic (exact) mass is 1590 g/mol. The molecule has 6 unspecified atom stereocenters. The number of fused-ring (bicyclic) bond motifs is 4. The maximum atomic E-state index is 4.97. The van der Waals surface area contributed by atoms with Crippen molar-refractivity contribution < 1.29 is 13.7 Å². The molecule has 28 rings (SSSR count). The highest BCUT2D eigenvalue weighted by molar-refractivity contribution is 5.97. The van der Waals surface area contributed by atoms with Crippen LogP contribution in [-0.4, -0.2) is 9.97 Å². The summed E-state index contributed by atoms with van der Waals surface area (Å²) >= 11 is 0. The third-order valence-corrected chi connectivity index (χ3v) is 29.0. The molecule has 0 N–H and O–H groups in total. The summed E-state index contributed by atoms with van der Waals surface area (Å²) in [6.07, 6.45) is 6.14. The number of hydrogen-bond donors (Lipinski definition) is 0. The predicted molar refractivity (Wildman–Crippen MR) is 508 cm³/mol. The Morgan fingerprint density at radius 3 is 0.976 bits per heavy atom. The van der Waals surface area contributed by atoms with E-state index in [4.69, 9.17) is 9.97 Å². The molecule has 16 aromatic carbocycles. The van der Waals surface area contributed by atoms with Gasteiger partial charge in [0.15, 0.2) is 17.6 Å². The minimum absolute atomic E-state index is 0.228. The number of aryl methyl sites for hydroxylation is 10. The molecule has 0 amide bonds. The summed E-state index contributed by atoms with van der Waals surface area (Å²) in [4.78, 5) is 9.90. The fourth-order valence-electron chi connectivity index (χ4n) is 22.9. The van der Waals surface area contributed by atoms with Crippen LogP contribution in [0.1, 0.15) is 186 Å². The summed E-state index contributed by atoms with van der Waals surface area (Å²) < 4.78 is 6.55. The first-order valence-electron chi connectivity index (χ1n) is 44.1. The molecule has 3 aromatic heterocycles. The normalized spacial score (nSPS) is 16.4. The summed E-state index contributed by atoms with van der Waals surface area (Å²) in [5.74, 6) is 1.51. The smallest absolute Gasteiger partial charge is 0.232 e. The second-order valence-electron chi connectivity index (χ2n) is 36.3. The fourth-order valence-corrected chi connectivity index (χ4v) is 22.9. The minimum Gasteiger partial charge on any atom is -0.232 e. The van der Waals surface area contributed by atoms with Crippen LogP contribution in [0.3, 0.4) is 0 Å². The van der Waals surface area contributed by atoms with E-state index in [0.717, 1.165) is 11.4 Å². The van der Waals surface area contributed by atoms with E-state index in [-0.39, 0.29) is 35.5 Å². The molecule has 5 heteroatoms. The number of aromatic nitrogens is 5. The molecular formula is C119H96N5+3. The zero-order valence-electron chi connectivity index (χ0n) is 72.4. The predicted octanol–water partition coefficient (Wildman–Crippen LogP) is 26.7. The second-order valence-corrected chi connectivity index (χ2v) is 36.3. The van der Waals surface area contributed by atoms with Crippen LogP contribution in [0.15, 0.2) is 328 Å². The van der Waals surface area contributed by atoms with Crippen LogP contribution in [0.4, 0.5) is 0 Å². The Morgan fingerprint density at radius 1 is 0.218 bits per heavy atom. The summed E-state index contributed by atoms with van der Waals surface area (Å²) in [7, 11) is 6.34.